The summed E-state index contributed by atoms with van der Waals surface area (Å²) >= 11 is 0. The van der Waals surface area contributed by atoms with Crippen LogP contribution in [0.25, 0.3) is 5.57 Å². The third kappa shape index (κ3) is 2.69. The van der Waals surface area contributed by atoms with Gasteiger partial charge in [-0.2, -0.15) is 0 Å². The first-order valence-corrected chi connectivity index (χ1v) is 4.39. The summed E-state index contributed by atoms with van der Waals surface area (Å²) in [6, 6.07) is 1.94. The topological polar surface area (TPSA) is 33.2 Å². The number of hydrogen-bond donors (Lipinski definition) is 0. The third-order valence-electron chi connectivity index (χ3n) is 1.73. The molecule has 0 aliphatic heterocycles. The molecule has 0 unspecified atom stereocenters. The van der Waals surface area contributed by atoms with Gasteiger partial charge in [-0.25, -0.2) is 0 Å². The first-order chi connectivity index (χ1) is 6.63. The lowest BCUT2D eigenvalue weighted by Gasteiger charge is -2.07. The predicted octanol–water partition coefficient (Wildman–Crippen LogP) is 1.49. The monoisotopic (exact) mass is 190 g/mol. The molecule has 0 bridgehead atoms. The molecule has 0 atom stereocenters. The zero-order chi connectivity index (χ0) is 10.6. The number of nitrogens with zero attached hydrogens (tertiary/aromatic N) is 2. The molecule has 1 rings (SSSR count). The lowest BCUT2D eigenvalue weighted by Crippen LogP contribution is -2.03. The summed E-state index contributed by atoms with van der Waals surface area (Å²) in [7, 11) is 3.76. The average Bonchev–Trinajstić information content (AvgIpc) is 2.14. The minimum atomic E-state index is 0.645. The van der Waals surface area contributed by atoms with Crippen LogP contribution in [0.15, 0.2) is 24.7 Å². The van der Waals surface area contributed by atoms with Crippen LogP contribution in [0.4, 0.5) is 0 Å². The second-order valence-corrected chi connectivity index (χ2v) is 3.42. The molecule has 1 heterocycles. The summed E-state index contributed by atoms with van der Waals surface area (Å²) < 4.78 is 0. The van der Waals surface area contributed by atoms with E-state index in [1.165, 1.54) is 0 Å². The number of aryl methyl sites for hydroxylation is 1. The third-order valence-corrected chi connectivity index (χ3v) is 1.73. The Morgan fingerprint density at radius 1 is 1.43 bits per heavy atom. The molecule has 1 aromatic heterocycles. The van der Waals surface area contributed by atoms with Crippen LogP contribution in [0.2, 0.25) is 0 Å². The number of allylic oxidation sites excluding steroid dienone is 1. The zero-order valence-corrected chi connectivity index (χ0v) is 8.69. The molecule has 0 radical (unpaired) electrons. The van der Waals surface area contributed by atoms with Crippen molar-refractivity contribution < 1.29 is 4.79 Å². The Morgan fingerprint density at radius 3 is 2.64 bits per heavy atom. The SMILES string of the molecule is Cc1cncc(/C(C=O)=C/N(C)C)c1. The van der Waals surface area contributed by atoms with E-state index in [1.807, 2.05) is 32.0 Å². The van der Waals surface area contributed by atoms with Crippen LogP contribution in [0.1, 0.15) is 11.1 Å². The highest BCUT2D eigenvalue weighted by molar-refractivity contribution is 6.06. The van der Waals surface area contributed by atoms with E-state index in [9.17, 15) is 4.79 Å². The van der Waals surface area contributed by atoms with E-state index in [2.05, 4.69) is 4.98 Å². The summed E-state index contributed by atoms with van der Waals surface area (Å²) in [6.07, 6.45) is 6.08. The summed E-state index contributed by atoms with van der Waals surface area (Å²) in [5, 5.41) is 0. The lowest BCUT2D eigenvalue weighted by atomic mass is 10.1. The Labute approximate surface area is 84.1 Å². The number of aldehydes is 1. The molecule has 0 spiro atoms. The average molecular weight is 190 g/mol. The summed E-state index contributed by atoms with van der Waals surface area (Å²) in [5.41, 5.74) is 2.55. The molecular formula is C11H14N2O. The fraction of sp³-hybridized carbons (Fsp3) is 0.273. The van der Waals surface area contributed by atoms with Crippen molar-refractivity contribution in [3.63, 3.8) is 0 Å². The van der Waals surface area contributed by atoms with Crippen LogP contribution in [0, 0.1) is 6.92 Å². The quantitative estimate of drug-likeness (QED) is 0.535. The number of carbonyl (C=O) groups excluding carboxylic acids is 1. The standard InChI is InChI=1S/C11H14N2O/c1-9-4-10(6-12-5-9)11(8-14)7-13(2)3/h4-8H,1-3H3/b11-7+. The lowest BCUT2D eigenvalue weighted by molar-refractivity contribution is -0.103. The van der Waals surface area contributed by atoms with Gasteiger partial charge in [0.15, 0.2) is 6.29 Å². The van der Waals surface area contributed by atoms with Crippen molar-refractivity contribution in [2.45, 2.75) is 6.92 Å². The Hall–Kier alpha value is -1.64. The van der Waals surface area contributed by atoms with Gasteiger partial charge >= 0.3 is 0 Å². The van der Waals surface area contributed by atoms with Gasteiger partial charge < -0.3 is 4.90 Å². The van der Waals surface area contributed by atoms with Gasteiger partial charge in [-0.1, -0.05) is 0 Å². The minimum absolute atomic E-state index is 0.645. The molecule has 74 valence electrons. The van der Waals surface area contributed by atoms with Gasteiger partial charge in [0.2, 0.25) is 0 Å². The summed E-state index contributed by atoms with van der Waals surface area (Å²) in [4.78, 5) is 16.7. The van der Waals surface area contributed by atoms with Crippen molar-refractivity contribution in [2.24, 2.45) is 0 Å². The molecule has 0 aromatic carbocycles. The van der Waals surface area contributed by atoms with Crippen LogP contribution in [0.5, 0.6) is 0 Å². The molecule has 3 heteroatoms. The highest BCUT2D eigenvalue weighted by atomic mass is 16.1. The molecular weight excluding hydrogens is 176 g/mol. The molecule has 14 heavy (non-hydrogen) atoms. The van der Waals surface area contributed by atoms with E-state index < -0.39 is 0 Å². The van der Waals surface area contributed by atoms with Gasteiger partial charge in [0.25, 0.3) is 0 Å². The van der Waals surface area contributed by atoms with Crippen LogP contribution in [0.3, 0.4) is 0 Å². The Bertz CT molecular complexity index is 356. The molecule has 0 fully saturated rings. The number of carbonyl (C=O) groups is 1. The first kappa shape index (κ1) is 10.4. The van der Waals surface area contributed by atoms with Crippen LogP contribution in [-0.4, -0.2) is 30.3 Å². The maximum Gasteiger partial charge on any atom is 0.152 e. The minimum Gasteiger partial charge on any atom is -0.383 e. The summed E-state index contributed by atoms with van der Waals surface area (Å²) in [6.45, 7) is 1.95. The number of rotatable bonds is 3. The normalized spacial score (nSPS) is 11.2. The van der Waals surface area contributed by atoms with Gasteiger partial charge in [-0.05, 0) is 18.6 Å². The molecule has 0 saturated carbocycles. The van der Waals surface area contributed by atoms with Gasteiger partial charge in [-0.3, -0.25) is 9.78 Å². The van der Waals surface area contributed by atoms with E-state index >= 15 is 0 Å². The Balaban J connectivity index is 3.07. The van der Waals surface area contributed by atoms with E-state index in [0.717, 1.165) is 17.4 Å². The maximum absolute atomic E-state index is 10.8. The smallest absolute Gasteiger partial charge is 0.152 e. The molecule has 0 N–H and O–H groups in total. The second kappa shape index (κ2) is 4.56. The molecule has 0 aliphatic rings. The van der Waals surface area contributed by atoms with E-state index in [1.54, 1.807) is 18.6 Å². The van der Waals surface area contributed by atoms with Crippen molar-refractivity contribution in [2.75, 3.05) is 14.1 Å². The number of hydrogen-bond acceptors (Lipinski definition) is 3. The van der Waals surface area contributed by atoms with E-state index in [0.29, 0.717) is 5.57 Å². The van der Waals surface area contributed by atoms with Crippen LogP contribution in [-0.2, 0) is 4.79 Å². The molecule has 0 saturated heterocycles. The highest BCUT2D eigenvalue weighted by Crippen LogP contribution is 2.12. The Kier molecular flexibility index (Phi) is 3.40. The fourth-order valence-corrected chi connectivity index (χ4v) is 1.16. The molecule has 0 aliphatic carbocycles. The van der Waals surface area contributed by atoms with Crippen molar-refractivity contribution in [1.29, 1.82) is 0 Å². The van der Waals surface area contributed by atoms with Gasteiger partial charge in [0, 0.05) is 43.8 Å². The second-order valence-electron chi connectivity index (χ2n) is 3.42. The maximum atomic E-state index is 10.8. The molecule has 0 amide bonds. The van der Waals surface area contributed by atoms with Gasteiger partial charge in [-0.15, -0.1) is 0 Å². The number of pyridine rings is 1. The van der Waals surface area contributed by atoms with Gasteiger partial charge in [0.1, 0.15) is 0 Å². The van der Waals surface area contributed by atoms with Crippen LogP contribution >= 0.6 is 0 Å². The molecule has 1 aromatic rings. The van der Waals surface area contributed by atoms with Crippen molar-refractivity contribution in [3.05, 3.63) is 35.8 Å². The largest absolute Gasteiger partial charge is 0.383 e. The van der Waals surface area contributed by atoms with Gasteiger partial charge in [0.05, 0.1) is 0 Å². The summed E-state index contributed by atoms with van der Waals surface area (Å²) in [5.74, 6) is 0. The molecule has 3 nitrogen and oxygen atoms in total. The zero-order valence-electron chi connectivity index (χ0n) is 8.69. The van der Waals surface area contributed by atoms with Crippen LogP contribution < -0.4 is 0 Å². The van der Waals surface area contributed by atoms with Crippen molar-refractivity contribution in [1.82, 2.24) is 9.88 Å². The first-order valence-electron chi connectivity index (χ1n) is 4.39. The Morgan fingerprint density at radius 2 is 2.14 bits per heavy atom. The highest BCUT2D eigenvalue weighted by Gasteiger charge is 2.00. The van der Waals surface area contributed by atoms with Crippen molar-refractivity contribution >= 4 is 11.9 Å². The number of aromatic nitrogens is 1. The van der Waals surface area contributed by atoms with E-state index in [-0.39, 0.29) is 0 Å². The van der Waals surface area contributed by atoms with Crippen molar-refractivity contribution in [3.8, 4) is 0 Å². The van der Waals surface area contributed by atoms with E-state index in [4.69, 9.17) is 0 Å². The predicted molar refractivity (Wildman–Crippen MR) is 56.7 cm³/mol. The fourth-order valence-electron chi connectivity index (χ4n) is 1.16.